The van der Waals surface area contributed by atoms with Gasteiger partial charge in [0.05, 0.1) is 17.3 Å². The number of hydrogen-bond donors (Lipinski definition) is 3. The number of amides is 2. The van der Waals surface area contributed by atoms with E-state index in [9.17, 15) is 9.90 Å². The number of urea groups is 1. The second-order valence-electron chi connectivity index (χ2n) is 5.43. The van der Waals surface area contributed by atoms with Crippen LogP contribution in [0.2, 0.25) is 5.02 Å². The first-order chi connectivity index (χ1) is 10.4. The molecule has 116 valence electrons. The van der Waals surface area contributed by atoms with E-state index < -0.39 is 11.6 Å². The largest absolute Gasteiger partial charge is 0.384 e. The molecule has 0 heterocycles. The fraction of sp³-hybridized carbons (Fsp3) is 0.235. The molecule has 2 aromatic carbocycles. The highest BCUT2D eigenvalue weighted by Crippen LogP contribution is 2.23. The topological polar surface area (TPSA) is 61.4 Å². The van der Waals surface area contributed by atoms with Gasteiger partial charge in [-0.2, -0.15) is 0 Å². The first kappa shape index (κ1) is 16.3. The van der Waals surface area contributed by atoms with Gasteiger partial charge in [-0.25, -0.2) is 4.79 Å². The van der Waals surface area contributed by atoms with E-state index in [2.05, 4.69) is 10.6 Å². The summed E-state index contributed by atoms with van der Waals surface area (Å²) in [7, 11) is 0. The number of nitrogens with one attached hydrogen (secondary N) is 2. The van der Waals surface area contributed by atoms with Crippen LogP contribution in [0.5, 0.6) is 0 Å². The van der Waals surface area contributed by atoms with Crippen LogP contribution in [0.25, 0.3) is 0 Å². The normalized spacial score (nSPS) is 13.3. The third-order valence-electron chi connectivity index (χ3n) is 3.36. The van der Waals surface area contributed by atoms with Crippen molar-refractivity contribution < 1.29 is 9.90 Å². The Hall–Kier alpha value is -2.04. The highest BCUT2D eigenvalue weighted by molar-refractivity contribution is 6.33. The molecule has 2 amide bonds. The van der Waals surface area contributed by atoms with E-state index in [1.165, 1.54) is 0 Å². The molecule has 0 radical (unpaired) electrons. The van der Waals surface area contributed by atoms with Crippen molar-refractivity contribution >= 4 is 23.3 Å². The molecule has 0 fully saturated rings. The van der Waals surface area contributed by atoms with Gasteiger partial charge >= 0.3 is 6.03 Å². The van der Waals surface area contributed by atoms with Gasteiger partial charge in [-0.05, 0) is 37.1 Å². The molecular weight excluding hydrogens is 300 g/mol. The number of benzene rings is 2. The van der Waals surface area contributed by atoms with Crippen molar-refractivity contribution in [3.8, 4) is 0 Å². The number of carbonyl (C=O) groups excluding carboxylic acids is 1. The minimum absolute atomic E-state index is 0.0896. The summed E-state index contributed by atoms with van der Waals surface area (Å²) in [6.45, 7) is 3.67. The molecule has 0 spiro atoms. The number of carbonyl (C=O) groups is 1. The minimum Gasteiger partial charge on any atom is -0.384 e. The monoisotopic (exact) mass is 318 g/mol. The average molecular weight is 319 g/mol. The quantitative estimate of drug-likeness (QED) is 0.805. The van der Waals surface area contributed by atoms with Crippen molar-refractivity contribution in [2.24, 2.45) is 0 Å². The van der Waals surface area contributed by atoms with E-state index in [1.54, 1.807) is 19.1 Å². The van der Waals surface area contributed by atoms with E-state index in [4.69, 9.17) is 11.6 Å². The van der Waals surface area contributed by atoms with Gasteiger partial charge in [-0.15, -0.1) is 0 Å². The molecular formula is C17H19ClN2O2. The molecule has 0 aliphatic heterocycles. The summed E-state index contributed by atoms with van der Waals surface area (Å²) in [6, 6.07) is 14.2. The molecule has 0 saturated carbocycles. The zero-order valence-electron chi connectivity index (χ0n) is 12.6. The summed E-state index contributed by atoms with van der Waals surface area (Å²) in [5.74, 6) is 0. The van der Waals surface area contributed by atoms with Crippen LogP contribution in [-0.4, -0.2) is 17.7 Å². The van der Waals surface area contributed by atoms with Gasteiger partial charge in [0, 0.05) is 0 Å². The Morgan fingerprint density at radius 3 is 2.55 bits per heavy atom. The maximum Gasteiger partial charge on any atom is 0.319 e. The van der Waals surface area contributed by atoms with Crippen molar-refractivity contribution in [3.05, 3.63) is 64.7 Å². The highest BCUT2D eigenvalue weighted by Gasteiger charge is 2.23. The number of rotatable bonds is 4. The summed E-state index contributed by atoms with van der Waals surface area (Å²) in [6.07, 6.45) is 0. The summed E-state index contributed by atoms with van der Waals surface area (Å²) in [5.41, 5.74) is 1.14. The maximum atomic E-state index is 11.9. The Balaban J connectivity index is 1.95. The van der Waals surface area contributed by atoms with Crippen molar-refractivity contribution in [2.45, 2.75) is 19.4 Å². The lowest BCUT2D eigenvalue weighted by Gasteiger charge is -2.24. The summed E-state index contributed by atoms with van der Waals surface area (Å²) in [4.78, 5) is 11.9. The zero-order valence-corrected chi connectivity index (χ0v) is 13.3. The standard InChI is InChI=1S/C17H19ClN2O2/c1-12-8-9-15(14(18)10-12)20-16(21)19-11-17(2,22)13-6-4-3-5-7-13/h3-10,22H,11H2,1-2H3,(H2,19,20,21). The third-order valence-corrected chi connectivity index (χ3v) is 3.67. The molecule has 0 saturated heterocycles. The lowest BCUT2D eigenvalue weighted by Crippen LogP contribution is -2.40. The Labute approximate surface area is 135 Å². The summed E-state index contributed by atoms with van der Waals surface area (Å²) < 4.78 is 0. The van der Waals surface area contributed by atoms with Crippen LogP contribution in [0.4, 0.5) is 10.5 Å². The number of halogens is 1. The van der Waals surface area contributed by atoms with Gasteiger partial charge in [0.2, 0.25) is 0 Å². The molecule has 1 atom stereocenters. The highest BCUT2D eigenvalue weighted by atomic mass is 35.5. The molecule has 3 N–H and O–H groups in total. The Morgan fingerprint density at radius 1 is 1.23 bits per heavy atom. The third kappa shape index (κ3) is 4.23. The van der Waals surface area contributed by atoms with Gasteiger partial charge in [0.25, 0.3) is 0 Å². The summed E-state index contributed by atoms with van der Waals surface area (Å²) >= 11 is 6.07. The van der Waals surface area contributed by atoms with Crippen LogP contribution in [-0.2, 0) is 5.60 Å². The predicted octanol–water partition coefficient (Wildman–Crippen LogP) is 3.68. The van der Waals surface area contributed by atoms with E-state index in [1.807, 2.05) is 43.3 Å². The number of anilines is 1. The molecule has 5 heteroatoms. The molecule has 22 heavy (non-hydrogen) atoms. The van der Waals surface area contributed by atoms with Crippen LogP contribution < -0.4 is 10.6 Å². The fourth-order valence-electron chi connectivity index (χ4n) is 2.04. The van der Waals surface area contributed by atoms with E-state index in [0.29, 0.717) is 10.7 Å². The zero-order chi connectivity index (χ0) is 16.2. The van der Waals surface area contributed by atoms with Gasteiger partial charge in [-0.1, -0.05) is 48.0 Å². The van der Waals surface area contributed by atoms with E-state index >= 15 is 0 Å². The number of aryl methyl sites for hydroxylation is 1. The lowest BCUT2D eigenvalue weighted by molar-refractivity contribution is 0.0599. The van der Waals surface area contributed by atoms with Crippen LogP contribution in [0.3, 0.4) is 0 Å². The Kier molecular flexibility index (Phi) is 5.06. The Morgan fingerprint density at radius 2 is 1.91 bits per heavy atom. The second kappa shape index (κ2) is 6.81. The number of aliphatic hydroxyl groups is 1. The Bertz CT molecular complexity index is 657. The van der Waals surface area contributed by atoms with Gasteiger partial charge < -0.3 is 15.7 Å². The summed E-state index contributed by atoms with van der Waals surface area (Å²) in [5, 5.41) is 16.2. The molecule has 0 aliphatic carbocycles. The lowest BCUT2D eigenvalue weighted by atomic mass is 9.96. The van der Waals surface area contributed by atoms with E-state index in [0.717, 1.165) is 11.1 Å². The van der Waals surface area contributed by atoms with Gasteiger partial charge in [0.1, 0.15) is 5.60 Å². The minimum atomic E-state index is -1.14. The SMILES string of the molecule is Cc1ccc(NC(=O)NCC(C)(O)c2ccccc2)c(Cl)c1. The van der Waals surface area contributed by atoms with Gasteiger partial charge in [-0.3, -0.25) is 0 Å². The van der Waals surface area contributed by atoms with Crippen molar-refractivity contribution in [2.75, 3.05) is 11.9 Å². The molecule has 0 aliphatic rings. The first-order valence-electron chi connectivity index (χ1n) is 6.97. The second-order valence-corrected chi connectivity index (χ2v) is 5.84. The molecule has 4 nitrogen and oxygen atoms in total. The van der Waals surface area contributed by atoms with Crippen molar-refractivity contribution in [1.82, 2.24) is 5.32 Å². The average Bonchev–Trinajstić information content (AvgIpc) is 2.49. The maximum absolute atomic E-state index is 11.9. The van der Waals surface area contributed by atoms with E-state index in [-0.39, 0.29) is 6.54 Å². The molecule has 1 unspecified atom stereocenters. The predicted molar refractivity (Wildman–Crippen MR) is 89.2 cm³/mol. The molecule has 2 aromatic rings. The van der Waals surface area contributed by atoms with Crippen LogP contribution >= 0.6 is 11.6 Å². The van der Waals surface area contributed by atoms with Crippen LogP contribution in [0.15, 0.2) is 48.5 Å². The van der Waals surface area contributed by atoms with Crippen LogP contribution in [0, 0.1) is 6.92 Å². The number of hydrogen-bond acceptors (Lipinski definition) is 2. The molecule has 2 rings (SSSR count). The first-order valence-corrected chi connectivity index (χ1v) is 7.35. The molecule has 0 aromatic heterocycles. The van der Waals surface area contributed by atoms with Crippen molar-refractivity contribution in [3.63, 3.8) is 0 Å². The fourth-order valence-corrected chi connectivity index (χ4v) is 2.32. The molecule has 0 bridgehead atoms. The van der Waals surface area contributed by atoms with Crippen LogP contribution in [0.1, 0.15) is 18.1 Å². The smallest absolute Gasteiger partial charge is 0.319 e. The van der Waals surface area contributed by atoms with Gasteiger partial charge in [0.15, 0.2) is 0 Å². The van der Waals surface area contributed by atoms with Crippen molar-refractivity contribution in [1.29, 1.82) is 0 Å².